The van der Waals surface area contributed by atoms with Crippen molar-refractivity contribution in [3.05, 3.63) is 53.1 Å². The fourth-order valence-corrected chi connectivity index (χ4v) is 2.47. The van der Waals surface area contributed by atoms with Crippen LogP contribution in [0.3, 0.4) is 0 Å². The highest BCUT2D eigenvalue weighted by Crippen LogP contribution is 2.37. The van der Waals surface area contributed by atoms with Crippen LogP contribution in [0.4, 0.5) is 13.2 Å². The van der Waals surface area contributed by atoms with Crippen molar-refractivity contribution < 1.29 is 32.2 Å². The summed E-state index contributed by atoms with van der Waals surface area (Å²) in [6.07, 6.45) is -3.34. The maximum atomic E-state index is 12.7. The molecular weight excluding hydrogens is 365 g/mol. The third kappa shape index (κ3) is 4.49. The molecule has 27 heavy (non-hydrogen) atoms. The number of hydrogen-bond donors (Lipinski definition) is 1. The van der Waals surface area contributed by atoms with Crippen molar-refractivity contribution in [3.63, 3.8) is 0 Å². The van der Waals surface area contributed by atoms with Crippen LogP contribution in [0.5, 0.6) is 17.2 Å². The van der Waals surface area contributed by atoms with Gasteiger partial charge in [-0.15, -0.1) is 0 Å². The monoisotopic (exact) mass is 380 g/mol. The first-order valence-corrected chi connectivity index (χ1v) is 7.82. The van der Waals surface area contributed by atoms with Crippen molar-refractivity contribution >= 4 is 12.1 Å². The van der Waals surface area contributed by atoms with E-state index in [1.54, 1.807) is 12.1 Å². The van der Waals surface area contributed by atoms with Gasteiger partial charge in [-0.25, -0.2) is 5.43 Å². The zero-order valence-electron chi connectivity index (χ0n) is 14.2. The average Bonchev–Trinajstić information content (AvgIpc) is 3.07. The first-order chi connectivity index (χ1) is 12.9. The van der Waals surface area contributed by atoms with E-state index in [0.29, 0.717) is 22.8 Å². The Morgan fingerprint density at radius 3 is 2.70 bits per heavy atom. The van der Waals surface area contributed by atoms with Gasteiger partial charge in [0.15, 0.2) is 11.5 Å². The second kappa shape index (κ2) is 7.56. The molecule has 0 unspecified atom stereocenters. The number of methoxy groups -OCH3 is 1. The molecule has 0 saturated carbocycles. The Hall–Kier alpha value is -3.23. The van der Waals surface area contributed by atoms with Gasteiger partial charge in [0.05, 0.1) is 25.3 Å². The van der Waals surface area contributed by atoms with Crippen LogP contribution in [0.2, 0.25) is 0 Å². The van der Waals surface area contributed by atoms with Gasteiger partial charge in [-0.1, -0.05) is 18.2 Å². The van der Waals surface area contributed by atoms with Crippen LogP contribution in [-0.4, -0.2) is 26.0 Å². The molecule has 9 heteroatoms. The molecule has 0 spiro atoms. The normalized spacial score (nSPS) is 13.0. The summed E-state index contributed by atoms with van der Waals surface area (Å²) >= 11 is 0. The van der Waals surface area contributed by atoms with E-state index in [-0.39, 0.29) is 18.8 Å². The summed E-state index contributed by atoms with van der Waals surface area (Å²) in [5.74, 6) is 0.977. The van der Waals surface area contributed by atoms with Crippen LogP contribution in [0, 0.1) is 0 Å². The van der Waals surface area contributed by atoms with E-state index in [9.17, 15) is 18.0 Å². The number of alkyl halides is 3. The smallest absolute Gasteiger partial charge is 0.416 e. The molecule has 0 saturated heterocycles. The number of hydrogen-bond acceptors (Lipinski definition) is 5. The van der Waals surface area contributed by atoms with Gasteiger partial charge in [0.1, 0.15) is 5.75 Å². The molecule has 1 aliphatic rings. The Kier molecular flexibility index (Phi) is 5.20. The summed E-state index contributed by atoms with van der Waals surface area (Å²) < 4.78 is 53.8. The van der Waals surface area contributed by atoms with Crippen LogP contribution < -0.4 is 19.6 Å². The second-order valence-corrected chi connectivity index (χ2v) is 5.62. The molecule has 0 atom stereocenters. The quantitative estimate of drug-likeness (QED) is 0.639. The van der Waals surface area contributed by atoms with Gasteiger partial charge in [0.2, 0.25) is 12.7 Å². The molecule has 142 valence electrons. The number of benzene rings is 2. The van der Waals surface area contributed by atoms with Crippen molar-refractivity contribution in [2.45, 2.75) is 12.6 Å². The number of carbonyl (C=O) groups is 1. The highest BCUT2D eigenvalue weighted by atomic mass is 19.4. The third-order valence-corrected chi connectivity index (χ3v) is 3.74. The number of nitrogens with zero attached hydrogens (tertiary/aromatic N) is 1. The summed E-state index contributed by atoms with van der Waals surface area (Å²) in [6.45, 7) is 0.104. The van der Waals surface area contributed by atoms with E-state index in [1.165, 1.54) is 25.5 Å². The largest absolute Gasteiger partial charge is 0.496 e. The minimum Gasteiger partial charge on any atom is -0.496 e. The van der Waals surface area contributed by atoms with Crippen molar-refractivity contribution in [1.82, 2.24) is 5.43 Å². The molecule has 1 heterocycles. The van der Waals surface area contributed by atoms with E-state index < -0.39 is 17.6 Å². The van der Waals surface area contributed by atoms with Crippen LogP contribution in [0.15, 0.2) is 41.5 Å². The van der Waals surface area contributed by atoms with Gasteiger partial charge in [0.25, 0.3) is 0 Å². The summed E-state index contributed by atoms with van der Waals surface area (Å²) in [6, 6.07) is 7.86. The number of amides is 1. The van der Waals surface area contributed by atoms with Gasteiger partial charge in [-0.3, -0.25) is 4.79 Å². The minimum absolute atomic E-state index is 0.104. The average molecular weight is 380 g/mol. The predicted octanol–water partition coefficient (Wildman–Crippen LogP) is 3.14. The first-order valence-electron chi connectivity index (χ1n) is 7.82. The van der Waals surface area contributed by atoms with Crippen molar-refractivity contribution in [2.24, 2.45) is 5.10 Å². The Labute approximate surface area is 152 Å². The number of hydrazone groups is 1. The van der Waals surface area contributed by atoms with E-state index in [4.69, 9.17) is 14.2 Å². The van der Waals surface area contributed by atoms with E-state index >= 15 is 0 Å². The van der Waals surface area contributed by atoms with E-state index in [0.717, 1.165) is 12.1 Å². The summed E-state index contributed by atoms with van der Waals surface area (Å²) in [5.41, 5.74) is 2.25. The number of rotatable bonds is 5. The molecule has 0 aromatic heterocycles. The molecule has 0 bridgehead atoms. The zero-order valence-corrected chi connectivity index (χ0v) is 14.2. The molecule has 3 rings (SSSR count). The lowest BCUT2D eigenvalue weighted by atomic mass is 10.1. The van der Waals surface area contributed by atoms with Gasteiger partial charge in [-0.2, -0.15) is 18.3 Å². The van der Waals surface area contributed by atoms with E-state index in [2.05, 4.69) is 10.5 Å². The first kappa shape index (κ1) is 18.6. The molecule has 2 aromatic rings. The lowest BCUT2D eigenvalue weighted by Gasteiger charge is -2.08. The fourth-order valence-electron chi connectivity index (χ4n) is 2.47. The van der Waals surface area contributed by atoms with Crippen LogP contribution in [-0.2, 0) is 17.4 Å². The Bertz CT molecular complexity index is 881. The fraction of sp³-hybridized carbons (Fsp3) is 0.222. The minimum atomic E-state index is -4.46. The van der Waals surface area contributed by atoms with Crippen molar-refractivity contribution in [2.75, 3.05) is 13.9 Å². The molecule has 0 aliphatic carbocycles. The Balaban J connectivity index is 1.64. The zero-order chi connectivity index (χ0) is 19.4. The molecule has 0 fully saturated rings. The Morgan fingerprint density at radius 2 is 2.00 bits per heavy atom. The SMILES string of the molecule is COc1cc2c(cc1/C=N\NC(=O)Cc1cccc(C(F)(F)F)c1)OCO2. The summed E-state index contributed by atoms with van der Waals surface area (Å²) in [5, 5.41) is 3.82. The Morgan fingerprint density at radius 1 is 1.26 bits per heavy atom. The van der Waals surface area contributed by atoms with Gasteiger partial charge < -0.3 is 14.2 Å². The highest BCUT2D eigenvalue weighted by Gasteiger charge is 2.30. The molecule has 6 nitrogen and oxygen atoms in total. The molecule has 1 N–H and O–H groups in total. The maximum absolute atomic E-state index is 12.7. The standard InChI is InChI=1S/C18H15F3N2O4/c1-25-14-8-16-15(26-10-27-16)7-12(14)9-22-23-17(24)6-11-3-2-4-13(5-11)18(19,20)21/h2-5,7-9H,6,10H2,1H3,(H,23,24)/b22-9-. The number of halogens is 3. The lowest BCUT2D eigenvalue weighted by molar-refractivity contribution is -0.137. The van der Waals surface area contributed by atoms with Crippen LogP contribution in [0.25, 0.3) is 0 Å². The van der Waals surface area contributed by atoms with Crippen molar-refractivity contribution in [3.8, 4) is 17.2 Å². The van der Waals surface area contributed by atoms with Crippen molar-refractivity contribution in [1.29, 1.82) is 0 Å². The molecule has 2 aromatic carbocycles. The van der Waals surface area contributed by atoms with Gasteiger partial charge in [0, 0.05) is 11.6 Å². The predicted molar refractivity (Wildman–Crippen MR) is 90.0 cm³/mol. The van der Waals surface area contributed by atoms with Gasteiger partial charge in [-0.05, 0) is 17.7 Å². The number of ether oxygens (including phenoxy) is 3. The maximum Gasteiger partial charge on any atom is 0.416 e. The highest BCUT2D eigenvalue weighted by molar-refractivity contribution is 5.87. The summed E-state index contributed by atoms with van der Waals surface area (Å²) in [7, 11) is 1.47. The summed E-state index contributed by atoms with van der Waals surface area (Å²) in [4.78, 5) is 11.9. The molecule has 1 amide bonds. The molecule has 0 radical (unpaired) electrons. The van der Waals surface area contributed by atoms with Crippen LogP contribution in [0.1, 0.15) is 16.7 Å². The molecule has 1 aliphatic heterocycles. The van der Waals surface area contributed by atoms with Gasteiger partial charge >= 0.3 is 6.18 Å². The van der Waals surface area contributed by atoms with E-state index in [1.807, 2.05) is 0 Å². The topological polar surface area (TPSA) is 69.2 Å². The third-order valence-electron chi connectivity index (χ3n) is 3.74. The number of carbonyl (C=O) groups excluding carboxylic acids is 1. The molecular formula is C18H15F3N2O4. The van der Waals surface area contributed by atoms with Crippen LogP contribution >= 0.6 is 0 Å². The second-order valence-electron chi connectivity index (χ2n) is 5.62. The number of nitrogens with one attached hydrogen (secondary N) is 1. The number of fused-ring (bicyclic) bond motifs is 1. The lowest BCUT2D eigenvalue weighted by Crippen LogP contribution is -2.20.